The third kappa shape index (κ3) is 4.78. The third-order valence-corrected chi connectivity index (χ3v) is 6.52. The minimum absolute atomic E-state index is 0.0305. The molecule has 0 spiro atoms. The highest BCUT2D eigenvalue weighted by Gasteiger charge is 2.29. The fourth-order valence-electron chi connectivity index (χ4n) is 3.39. The molecule has 0 amide bonds. The average molecular weight is 426 g/mol. The number of hydrogen-bond donors (Lipinski definition) is 3. The molecule has 0 aromatic carbocycles. The second-order valence-corrected chi connectivity index (χ2v) is 10.2. The van der Waals surface area contributed by atoms with Crippen molar-refractivity contribution in [1.82, 2.24) is 23.8 Å². The van der Waals surface area contributed by atoms with E-state index in [-0.39, 0.29) is 30.7 Å². The number of fused-ring (bicyclic) bond motifs is 1. The van der Waals surface area contributed by atoms with Gasteiger partial charge in [-0.2, -0.15) is 9.97 Å². The Hall–Kier alpha value is -1.98. The van der Waals surface area contributed by atoms with Gasteiger partial charge in [-0.1, -0.05) is 13.8 Å². The maximum atomic E-state index is 11.8. The predicted octanol–water partition coefficient (Wildman–Crippen LogP) is 1.28. The molecule has 2 aromatic heterocycles. The van der Waals surface area contributed by atoms with Crippen LogP contribution in [-0.4, -0.2) is 75.4 Å². The van der Waals surface area contributed by atoms with E-state index in [2.05, 4.69) is 39.4 Å². The first-order valence-electron chi connectivity index (χ1n) is 9.93. The Balaban J connectivity index is 1.94. The van der Waals surface area contributed by atoms with Crippen molar-refractivity contribution in [3.63, 3.8) is 0 Å². The summed E-state index contributed by atoms with van der Waals surface area (Å²) < 4.78 is 27.1. The predicted molar refractivity (Wildman–Crippen MR) is 113 cm³/mol. The quantitative estimate of drug-likeness (QED) is 0.578. The van der Waals surface area contributed by atoms with Crippen molar-refractivity contribution in [2.45, 2.75) is 52.2 Å². The van der Waals surface area contributed by atoms with Gasteiger partial charge in [-0.15, -0.1) is 0 Å². The number of imidazole rings is 1. The number of nitrogens with one attached hydrogen (secondary N) is 2. The van der Waals surface area contributed by atoms with Crippen LogP contribution in [0.3, 0.4) is 0 Å². The molecule has 3 N–H and O–H groups in total. The molecule has 11 heteroatoms. The molecular formula is C18H31N7O3S. The Morgan fingerprint density at radius 2 is 2.00 bits per heavy atom. The molecule has 2 atom stereocenters. The van der Waals surface area contributed by atoms with Gasteiger partial charge in [0, 0.05) is 25.2 Å². The van der Waals surface area contributed by atoms with Crippen LogP contribution in [0.5, 0.6) is 0 Å². The summed E-state index contributed by atoms with van der Waals surface area (Å²) in [5.41, 5.74) is 1.34. The van der Waals surface area contributed by atoms with Gasteiger partial charge in [-0.3, -0.25) is 0 Å². The number of anilines is 2. The van der Waals surface area contributed by atoms with Gasteiger partial charge in [0.1, 0.15) is 0 Å². The Labute approximate surface area is 171 Å². The second kappa shape index (κ2) is 8.41. The smallest absolute Gasteiger partial charge is 0.227 e. The molecule has 3 rings (SSSR count). The summed E-state index contributed by atoms with van der Waals surface area (Å²) in [6.07, 6.45) is 3.66. The van der Waals surface area contributed by atoms with E-state index in [4.69, 9.17) is 0 Å². The summed E-state index contributed by atoms with van der Waals surface area (Å²) in [7, 11) is -3.21. The fraction of sp³-hybridized carbons (Fsp3) is 0.722. The van der Waals surface area contributed by atoms with Crippen molar-refractivity contribution in [2.24, 2.45) is 5.92 Å². The monoisotopic (exact) mass is 425 g/mol. The molecule has 1 aliphatic heterocycles. The molecule has 1 saturated heterocycles. The van der Waals surface area contributed by atoms with Crippen LogP contribution in [-0.2, 0) is 10.0 Å². The van der Waals surface area contributed by atoms with E-state index in [1.54, 1.807) is 6.33 Å². The fourth-order valence-corrected chi connectivity index (χ4v) is 4.28. The number of sulfonamides is 1. The summed E-state index contributed by atoms with van der Waals surface area (Å²) >= 11 is 0. The van der Waals surface area contributed by atoms with Crippen molar-refractivity contribution in [3.8, 4) is 0 Å². The summed E-state index contributed by atoms with van der Waals surface area (Å²) in [6, 6.07) is -0.0666. The number of aliphatic hydroxyl groups excluding tert-OH is 1. The van der Waals surface area contributed by atoms with E-state index in [0.717, 1.165) is 0 Å². The highest BCUT2D eigenvalue weighted by Crippen LogP contribution is 2.26. The molecule has 162 valence electrons. The van der Waals surface area contributed by atoms with Crippen molar-refractivity contribution >= 4 is 33.0 Å². The van der Waals surface area contributed by atoms with E-state index in [1.807, 2.05) is 18.4 Å². The maximum Gasteiger partial charge on any atom is 0.227 e. The summed E-state index contributed by atoms with van der Waals surface area (Å²) in [4.78, 5) is 13.7. The molecule has 0 saturated carbocycles. The molecular weight excluding hydrogens is 394 g/mol. The molecule has 1 fully saturated rings. The lowest BCUT2D eigenvalue weighted by atomic mass is 10.1. The molecule has 0 bridgehead atoms. The standard InChI is InChI=1S/C18H31N7O3S/c1-11(2)14(9-26)21-18-22-16(15-17(23-18)25(10-19-15)12(3)4)20-13-6-7-24(8-13)29(5,27)28/h10-14,26H,6-9H2,1-5H3,(H2,20,21,22,23)/t13-,14-/m0/s1. The Morgan fingerprint density at radius 3 is 2.55 bits per heavy atom. The molecule has 0 unspecified atom stereocenters. The molecule has 0 radical (unpaired) electrons. The molecule has 1 aliphatic rings. The lowest BCUT2D eigenvalue weighted by molar-refractivity contribution is 0.248. The lowest BCUT2D eigenvalue weighted by Crippen LogP contribution is -2.32. The zero-order chi connectivity index (χ0) is 21.3. The van der Waals surface area contributed by atoms with Gasteiger partial charge < -0.3 is 20.3 Å². The minimum Gasteiger partial charge on any atom is -0.394 e. The Morgan fingerprint density at radius 1 is 1.28 bits per heavy atom. The van der Waals surface area contributed by atoms with E-state index in [1.165, 1.54) is 10.6 Å². The van der Waals surface area contributed by atoms with Crippen LogP contribution in [0.4, 0.5) is 11.8 Å². The van der Waals surface area contributed by atoms with E-state index in [0.29, 0.717) is 42.4 Å². The molecule has 2 aromatic rings. The third-order valence-electron chi connectivity index (χ3n) is 5.25. The summed E-state index contributed by atoms with van der Waals surface area (Å²) in [6.45, 7) is 8.98. The second-order valence-electron chi connectivity index (χ2n) is 8.24. The van der Waals surface area contributed by atoms with E-state index < -0.39 is 10.0 Å². The highest BCUT2D eigenvalue weighted by molar-refractivity contribution is 7.88. The largest absolute Gasteiger partial charge is 0.394 e. The van der Waals surface area contributed by atoms with Crippen molar-refractivity contribution in [1.29, 1.82) is 0 Å². The van der Waals surface area contributed by atoms with Gasteiger partial charge in [0.05, 0.1) is 25.2 Å². The van der Waals surface area contributed by atoms with Crippen LogP contribution in [0.15, 0.2) is 6.33 Å². The van der Waals surface area contributed by atoms with Crippen LogP contribution in [0.25, 0.3) is 11.2 Å². The molecule has 0 aliphatic carbocycles. The van der Waals surface area contributed by atoms with Crippen LogP contribution < -0.4 is 10.6 Å². The van der Waals surface area contributed by atoms with Crippen molar-refractivity contribution in [2.75, 3.05) is 36.6 Å². The maximum absolute atomic E-state index is 11.8. The van der Waals surface area contributed by atoms with Gasteiger partial charge in [0.2, 0.25) is 16.0 Å². The first-order chi connectivity index (χ1) is 13.6. The highest BCUT2D eigenvalue weighted by atomic mass is 32.2. The average Bonchev–Trinajstić information content (AvgIpc) is 3.26. The Bertz CT molecular complexity index is 958. The normalized spacial score (nSPS) is 19.4. The molecule has 29 heavy (non-hydrogen) atoms. The van der Waals surface area contributed by atoms with Crippen molar-refractivity contribution in [3.05, 3.63) is 6.33 Å². The molecule has 3 heterocycles. The van der Waals surface area contributed by atoms with Crippen LogP contribution in [0, 0.1) is 5.92 Å². The first-order valence-corrected chi connectivity index (χ1v) is 11.8. The molecule has 10 nitrogen and oxygen atoms in total. The lowest BCUT2D eigenvalue weighted by Gasteiger charge is -2.21. The topological polar surface area (TPSA) is 125 Å². The van der Waals surface area contributed by atoms with Gasteiger partial charge in [0.15, 0.2) is 17.0 Å². The Kier molecular flexibility index (Phi) is 6.30. The number of nitrogens with zero attached hydrogens (tertiary/aromatic N) is 5. The zero-order valence-corrected chi connectivity index (χ0v) is 18.4. The summed E-state index contributed by atoms with van der Waals surface area (Å²) in [5.74, 6) is 1.18. The van der Waals surface area contributed by atoms with Gasteiger partial charge >= 0.3 is 0 Å². The number of hydrogen-bond acceptors (Lipinski definition) is 8. The van der Waals surface area contributed by atoms with E-state index >= 15 is 0 Å². The SMILES string of the molecule is CC(C)[C@H](CO)Nc1nc(N[C@H]2CCN(S(C)(=O)=O)C2)c2ncn(C(C)C)c2n1. The van der Waals surface area contributed by atoms with Gasteiger partial charge in [0.25, 0.3) is 0 Å². The first kappa shape index (κ1) is 21.7. The number of rotatable bonds is 8. The van der Waals surface area contributed by atoms with Gasteiger partial charge in [-0.05, 0) is 26.2 Å². The summed E-state index contributed by atoms with van der Waals surface area (Å²) in [5, 5.41) is 16.2. The van der Waals surface area contributed by atoms with Crippen LogP contribution in [0.1, 0.15) is 40.2 Å². The zero-order valence-electron chi connectivity index (χ0n) is 17.6. The minimum atomic E-state index is -3.21. The number of aromatic nitrogens is 4. The van der Waals surface area contributed by atoms with Crippen LogP contribution >= 0.6 is 0 Å². The number of aliphatic hydroxyl groups is 1. The van der Waals surface area contributed by atoms with Gasteiger partial charge in [-0.25, -0.2) is 17.7 Å². The van der Waals surface area contributed by atoms with Crippen LogP contribution in [0.2, 0.25) is 0 Å². The van der Waals surface area contributed by atoms with Crippen molar-refractivity contribution < 1.29 is 13.5 Å². The van der Waals surface area contributed by atoms with E-state index in [9.17, 15) is 13.5 Å².